The fourth-order valence-electron chi connectivity index (χ4n) is 3.42. The number of anilines is 2. The van der Waals surface area contributed by atoms with Crippen molar-refractivity contribution in [2.75, 3.05) is 44.9 Å². The Kier molecular flexibility index (Phi) is 8.00. The average molecular weight is 485 g/mol. The van der Waals surface area contributed by atoms with Gasteiger partial charge >= 0.3 is 17.9 Å². The van der Waals surface area contributed by atoms with Crippen LogP contribution in [-0.2, 0) is 35.1 Å². The van der Waals surface area contributed by atoms with Crippen molar-refractivity contribution in [3.63, 3.8) is 0 Å². The number of carbonyl (C=O) groups excluding carboxylic acids is 3. The molecule has 0 saturated carbocycles. The fourth-order valence-corrected chi connectivity index (χ4v) is 3.42. The van der Waals surface area contributed by atoms with Crippen LogP contribution in [0.5, 0.6) is 0 Å². The van der Waals surface area contributed by atoms with Crippen LogP contribution in [0.25, 0.3) is 0 Å². The van der Waals surface area contributed by atoms with E-state index in [0.29, 0.717) is 11.4 Å². The predicted molar refractivity (Wildman–Crippen MR) is 123 cm³/mol. The number of nitrogens with one attached hydrogen (secondary N) is 1. The molecule has 1 aliphatic rings. The molecular weight excluding hydrogens is 462 g/mol. The second-order valence-electron chi connectivity index (χ2n) is 7.21. The summed E-state index contributed by atoms with van der Waals surface area (Å²) in [6.07, 6.45) is 0. The minimum absolute atomic E-state index is 0.0216. The van der Waals surface area contributed by atoms with Crippen LogP contribution in [0.1, 0.15) is 15.9 Å². The van der Waals surface area contributed by atoms with Gasteiger partial charge in [0, 0.05) is 30.1 Å². The lowest BCUT2D eigenvalue weighted by Gasteiger charge is -2.31. The van der Waals surface area contributed by atoms with Crippen molar-refractivity contribution >= 4 is 35.0 Å². The molecule has 0 aliphatic carbocycles. The largest absolute Gasteiger partial charge is 0.466 e. The lowest BCUT2D eigenvalue weighted by atomic mass is 10.1. The number of hydrogen-bond acceptors (Lipinski definition) is 11. The van der Waals surface area contributed by atoms with Gasteiger partial charge in [-0.1, -0.05) is 12.1 Å². The number of hydrogen-bond donors (Lipinski definition) is 1. The molecule has 1 N–H and O–H groups in total. The van der Waals surface area contributed by atoms with Gasteiger partial charge in [0.05, 0.1) is 44.0 Å². The van der Waals surface area contributed by atoms with Crippen molar-refractivity contribution in [3.05, 3.63) is 75.0 Å². The van der Waals surface area contributed by atoms with Crippen LogP contribution < -0.4 is 10.2 Å². The average Bonchev–Trinajstić information content (AvgIpc) is 2.90. The van der Waals surface area contributed by atoms with E-state index in [1.807, 2.05) is 0 Å². The minimum atomic E-state index is -0.708. The van der Waals surface area contributed by atoms with Crippen molar-refractivity contribution in [1.82, 2.24) is 0 Å². The van der Waals surface area contributed by atoms with Crippen LogP contribution in [-0.4, -0.2) is 57.5 Å². The van der Waals surface area contributed by atoms with Gasteiger partial charge < -0.3 is 29.2 Å². The maximum atomic E-state index is 12.4. The number of nitro groups is 1. The van der Waals surface area contributed by atoms with Crippen LogP contribution >= 0.6 is 0 Å². The molecule has 0 bridgehead atoms. The zero-order valence-corrected chi connectivity index (χ0v) is 19.2. The molecule has 2 aromatic carbocycles. The lowest BCUT2D eigenvalue weighted by molar-refractivity contribution is -0.384. The van der Waals surface area contributed by atoms with Crippen LogP contribution in [0.4, 0.5) is 17.1 Å². The first-order chi connectivity index (χ1) is 16.8. The maximum Gasteiger partial charge on any atom is 0.355 e. The molecule has 3 rings (SSSR count). The van der Waals surface area contributed by atoms with Crippen LogP contribution in [0.2, 0.25) is 0 Å². The Morgan fingerprint density at radius 2 is 1.66 bits per heavy atom. The molecule has 0 aromatic heterocycles. The SMILES string of the molecule is COC(=O)C1=C(C(=O)OC)N(c2ccc(CNc3ccc([N+](=O)[O-])cc3C(=O)OC)cc2)COC1. The van der Waals surface area contributed by atoms with Gasteiger partial charge in [-0.25, -0.2) is 14.4 Å². The molecule has 0 amide bonds. The van der Waals surface area contributed by atoms with E-state index in [1.54, 1.807) is 24.3 Å². The van der Waals surface area contributed by atoms with E-state index in [9.17, 15) is 24.5 Å². The van der Waals surface area contributed by atoms with Gasteiger partial charge in [-0.2, -0.15) is 0 Å². The third kappa shape index (κ3) is 5.55. The quantitative estimate of drug-likeness (QED) is 0.254. The highest BCUT2D eigenvalue weighted by Gasteiger charge is 2.32. The molecule has 0 fully saturated rings. The number of nitrogens with zero attached hydrogens (tertiary/aromatic N) is 2. The van der Waals surface area contributed by atoms with E-state index in [4.69, 9.17) is 18.9 Å². The topological polar surface area (TPSA) is 147 Å². The first-order valence-electron chi connectivity index (χ1n) is 10.2. The Morgan fingerprint density at radius 1 is 1.00 bits per heavy atom. The van der Waals surface area contributed by atoms with Crippen LogP contribution in [0.15, 0.2) is 53.7 Å². The first kappa shape index (κ1) is 25.2. The predicted octanol–water partition coefficient (Wildman–Crippen LogP) is 2.39. The van der Waals surface area contributed by atoms with Crippen molar-refractivity contribution in [2.24, 2.45) is 0 Å². The first-order valence-corrected chi connectivity index (χ1v) is 10.2. The molecule has 0 spiro atoms. The highest BCUT2D eigenvalue weighted by molar-refractivity contribution is 6.03. The summed E-state index contributed by atoms with van der Waals surface area (Å²) in [5.41, 5.74) is 1.62. The number of rotatable bonds is 8. The molecule has 0 atom stereocenters. The zero-order valence-electron chi connectivity index (χ0n) is 19.2. The Hall–Kier alpha value is -4.45. The Labute approximate surface area is 200 Å². The minimum Gasteiger partial charge on any atom is -0.466 e. The summed E-state index contributed by atoms with van der Waals surface area (Å²) in [7, 11) is 3.62. The van der Waals surface area contributed by atoms with E-state index in [0.717, 1.165) is 11.6 Å². The number of benzene rings is 2. The standard InChI is InChI=1S/C23H23N3O9/c1-32-21(27)17-10-16(26(30)31)8-9-19(17)24-11-14-4-6-15(7-5-14)25-13-35-12-18(22(28)33-2)20(25)23(29)34-3/h4-10,24H,11-13H2,1-3H3. The summed E-state index contributed by atoms with van der Waals surface area (Å²) in [6.45, 7) is 0.215. The van der Waals surface area contributed by atoms with Crippen molar-refractivity contribution in [3.8, 4) is 0 Å². The molecule has 0 saturated heterocycles. The summed E-state index contributed by atoms with van der Waals surface area (Å²) in [4.78, 5) is 48.6. The number of methoxy groups -OCH3 is 3. The third-order valence-electron chi connectivity index (χ3n) is 5.18. The molecule has 12 nitrogen and oxygen atoms in total. The number of nitro benzene ring substituents is 1. The fraction of sp³-hybridized carbons (Fsp3) is 0.261. The molecule has 1 heterocycles. The Bertz CT molecular complexity index is 1180. The Morgan fingerprint density at radius 3 is 2.26 bits per heavy atom. The smallest absolute Gasteiger partial charge is 0.355 e. The van der Waals surface area contributed by atoms with Gasteiger partial charge in [0.2, 0.25) is 0 Å². The number of non-ortho nitro benzene ring substituents is 1. The van der Waals surface area contributed by atoms with E-state index >= 15 is 0 Å². The lowest BCUT2D eigenvalue weighted by Crippen LogP contribution is -2.38. The highest BCUT2D eigenvalue weighted by Crippen LogP contribution is 2.28. The van der Waals surface area contributed by atoms with Gasteiger partial charge in [0.15, 0.2) is 0 Å². The molecule has 12 heteroatoms. The van der Waals surface area contributed by atoms with Gasteiger partial charge in [-0.05, 0) is 23.8 Å². The number of carbonyl (C=O) groups is 3. The van der Waals surface area contributed by atoms with Gasteiger partial charge in [-0.15, -0.1) is 0 Å². The summed E-state index contributed by atoms with van der Waals surface area (Å²) in [5, 5.41) is 14.1. The summed E-state index contributed by atoms with van der Waals surface area (Å²) >= 11 is 0. The van der Waals surface area contributed by atoms with Crippen molar-refractivity contribution in [1.29, 1.82) is 0 Å². The van der Waals surface area contributed by atoms with E-state index in [1.165, 1.54) is 38.4 Å². The molecule has 35 heavy (non-hydrogen) atoms. The molecule has 1 aliphatic heterocycles. The Balaban J connectivity index is 1.82. The second kappa shape index (κ2) is 11.1. The van der Waals surface area contributed by atoms with E-state index < -0.39 is 22.8 Å². The normalized spacial score (nSPS) is 13.2. The van der Waals surface area contributed by atoms with Crippen molar-refractivity contribution in [2.45, 2.75) is 6.54 Å². The summed E-state index contributed by atoms with van der Waals surface area (Å²) in [5.74, 6) is -2.10. The van der Waals surface area contributed by atoms with E-state index in [2.05, 4.69) is 5.32 Å². The summed E-state index contributed by atoms with van der Waals surface area (Å²) in [6, 6.07) is 10.9. The monoisotopic (exact) mass is 485 g/mol. The molecular formula is C23H23N3O9. The second-order valence-corrected chi connectivity index (χ2v) is 7.21. The van der Waals surface area contributed by atoms with Crippen LogP contribution in [0.3, 0.4) is 0 Å². The van der Waals surface area contributed by atoms with Gasteiger partial charge in [0.1, 0.15) is 12.4 Å². The van der Waals surface area contributed by atoms with Gasteiger partial charge in [-0.3, -0.25) is 10.1 Å². The van der Waals surface area contributed by atoms with Gasteiger partial charge in [0.25, 0.3) is 5.69 Å². The van der Waals surface area contributed by atoms with E-state index in [-0.39, 0.29) is 42.4 Å². The maximum absolute atomic E-state index is 12.4. The number of ether oxygens (including phenoxy) is 4. The third-order valence-corrected chi connectivity index (χ3v) is 5.18. The summed E-state index contributed by atoms with van der Waals surface area (Å²) < 4.78 is 19.8. The zero-order chi connectivity index (χ0) is 25.5. The molecule has 184 valence electrons. The highest BCUT2D eigenvalue weighted by atomic mass is 16.6. The number of esters is 3. The van der Waals surface area contributed by atoms with Crippen molar-refractivity contribution < 1.29 is 38.3 Å². The molecule has 2 aromatic rings. The molecule has 0 radical (unpaired) electrons. The molecule has 0 unspecified atom stereocenters. The van der Waals surface area contributed by atoms with Crippen LogP contribution in [0, 0.1) is 10.1 Å².